The van der Waals surface area contributed by atoms with E-state index in [0.717, 1.165) is 23.1 Å². The Hall–Kier alpha value is -2.61. The number of fused-ring (bicyclic) bond motifs is 1. The van der Waals surface area contributed by atoms with E-state index in [2.05, 4.69) is 6.58 Å². The lowest BCUT2D eigenvalue weighted by atomic mass is 9.99. The van der Waals surface area contributed by atoms with Crippen LogP contribution in [0.3, 0.4) is 0 Å². The number of rotatable bonds is 4. The summed E-state index contributed by atoms with van der Waals surface area (Å²) in [7, 11) is 0. The summed E-state index contributed by atoms with van der Waals surface area (Å²) in [5, 5.41) is 0.638. The topological polar surface area (TPSA) is 30.2 Å². The number of benzene rings is 2. The van der Waals surface area contributed by atoms with Crippen molar-refractivity contribution >= 4 is 11.0 Å². The van der Waals surface area contributed by atoms with Gasteiger partial charge in [-0.25, -0.2) is 0 Å². The maximum Gasteiger partial charge on any atom is 0.196 e. The van der Waals surface area contributed by atoms with E-state index < -0.39 is 0 Å². The molecule has 0 fully saturated rings. The zero-order valence-corrected chi connectivity index (χ0v) is 12.6. The third kappa shape index (κ3) is 2.73. The molecule has 2 nitrogen and oxygen atoms in total. The number of allylic oxidation sites excluding steroid dienone is 1. The van der Waals surface area contributed by atoms with Gasteiger partial charge in [-0.2, -0.15) is 0 Å². The molecule has 0 aliphatic carbocycles. The van der Waals surface area contributed by atoms with Crippen LogP contribution in [0, 0.1) is 0 Å². The van der Waals surface area contributed by atoms with Gasteiger partial charge in [-0.1, -0.05) is 48.0 Å². The highest BCUT2D eigenvalue weighted by molar-refractivity contribution is 5.80. The predicted molar refractivity (Wildman–Crippen MR) is 91.1 cm³/mol. The average molecular weight is 290 g/mol. The molecule has 0 atom stereocenters. The lowest BCUT2D eigenvalue weighted by Gasteiger charge is -2.10. The largest absolute Gasteiger partial charge is 0.456 e. The monoisotopic (exact) mass is 290 g/mol. The fourth-order valence-corrected chi connectivity index (χ4v) is 2.57. The fourth-order valence-electron chi connectivity index (χ4n) is 2.57. The molecule has 0 radical (unpaired) electrons. The summed E-state index contributed by atoms with van der Waals surface area (Å²) in [4.78, 5) is 12.8. The Morgan fingerprint density at radius 3 is 2.45 bits per heavy atom. The van der Waals surface area contributed by atoms with Crippen LogP contribution in [-0.4, -0.2) is 0 Å². The van der Waals surface area contributed by atoms with E-state index in [0.29, 0.717) is 23.2 Å². The van der Waals surface area contributed by atoms with Crippen molar-refractivity contribution in [1.82, 2.24) is 0 Å². The van der Waals surface area contributed by atoms with Crippen LogP contribution in [0.2, 0.25) is 0 Å². The van der Waals surface area contributed by atoms with Crippen molar-refractivity contribution < 1.29 is 4.42 Å². The van der Waals surface area contributed by atoms with Crippen LogP contribution in [0.25, 0.3) is 22.3 Å². The van der Waals surface area contributed by atoms with Crippen LogP contribution >= 0.6 is 0 Å². The first-order valence-electron chi connectivity index (χ1n) is 7.41. The van der Waals surface area contributed by atoms with Crippen molar-refractivity contribution in [3.8, 4) is 11.3 Å². The summed E-state index contributed by atoms with van der Waals surface area (Å²) < 4.78 is 6.06. The van der Waals surface area contributed by atoms with Gasteiger partial charge < -0.3 is 4.42 Å². The van der Waals surface area contributed by atoms with Gasteiger partial charge in [-0.05, 0) is 31.9 Å². The summed E-state index contributed by atoms with van der Waals surface area (Å²) in [5.41, 5.74) is 3.41. The van der Waals surface area contributed by atoms with Gasteiger partial charge in [0, 0.05) is 11.1 Å². The number of para-hydroxylation sites is 1. The molecule has 2 aromatic carbocycles. The molecular formula is C20H18O2. The Morgan fingerprint density at radius 1 is 1.05 bits per heavy atom. The summed E-state index contributed by atoms with van der Waals surface area (Å²) in [6, 6.07) is 17.2. The van der Waals surface area contributed by atoms with Gasteiger partial charge in [0.15, 0.2) is 5.43 Å². The molecule has 0 saturated carbocycles. The molecule has 0 aliphatic rings. The second-order valence-electron chi connectivity index (χ2n) is 5.56. The zero-order valence-electron chi connectivity index (χ0n) is 12.6. The molecule has 1 aromatic heterocycles. The molecule has 22 heavy (non-hydrogen) atoms. The zero-order chi connectivity index (χ0) is 15.5. The molecule has 1 heterocycles. The summed E-state index contributed by atoms with van der Waals surface area (Å²) in [6.07, 6.45) is 1.43. The Labute approximate surface area is 129 Å². The molecule has 2 heteroatoms. The van der Waals surface area contributed by atoms with E-state index in [-0.39, 0.29) is 5.43 Å². The van der Waals surface area contributed by atoms with Crippen molar-refractivity contribution in [2.24, 2.45) is 0 Å². The maximum absolute atomic E-state index is 12.8. The van der Waals surface area contributed by atoms with Crippen LogP contribution in [-0.2, 0) is 6.42 Å². The third-order valence-electron chi connectivity index (χ3n) is 3.73. The van der Waals surface area contributed by atoms with Gasteiger partial charge in [-0.3, -0.25) is 4.79 Å². The number of hydrogen-bond donors (Lipinski definition) is 0. The highest BCUT2D eigenvalue weighted by Gasteiger charge is 2.15. The second kappa shape index (κ2) is 6.02. The van der Waals surface area contributed by atoms with E-state index in [1.165, 1.54) is 0 Å². The van der Waals surface area contributed by atoms with Crippen molar-refractivity contribution in [1.29, 1.82) is 0 Å². The summed E-state index contributed by atoms with van der Waals surface area (Å²) >= 11 is 0. The van der Waals surface area contributed by atoms with E-state index in [1.807, 2.05) is 61.5 Å². The van der Waals surface area contributed by atoms with E-state index in [1.54, 1.807) is 0 Å². The van der Waals surface area contributed by atoms with Crippen LogP contribution < -0.4 is 5.43 Å². The molecule has 0 unspecified atom stereocenters. The van der Waals surface area contributed by atoms with Crippen molar-refractivity contribution in [3.63, 3.8) is 0 Å². The Kier molecular flexibility index (Phi) is 3.92. The SMILES string of the molecule is C=C(C)CCc1c(-c2ccccc2)oc2ccccc2c1=O. The maximum atomic E-state index is 12.8. The Balaban J connectivity index is 2.26. The Bertz CT molecular complexity index is 873. The molecule has 0 aliphatic heterocycles. The van der Waals surface area contributed by atoms with Gasteiger partial charge in [-0.15, -0.1) is 6.58 Å². The van der Waals surface area contributed by atoms with Crippen LogP contribution in [0.15, 0.2) is 76.0 Å². The molecule has 0 amide bonds. The molecule has 0 saturated heterocycles. The molecule has 3 aromatic rings. The quantitative estimate of drug-likeness (QED) is 0.635. The lowest BCUT2D eigenvalue weighted by Crippen LogP contribution is -2.11. The van der Waals surface area contributed by atoms with Gasteiger partial charge in [0.25, 0.3) is 0 Å². The van der Waals surface area contributed by atoms with E-state index in [4.69, 9.17) is 4.42 Å². The van der Waals surface area contributed by atoms with E-state index in [9.17, 15) is 4.79 Å². The van der Waals surface area contributed by atoms with Gasteiger partial charge in [0.2, 0.25) is 0 Å². The molecule has 0 spiro atoms. The highest BCUT2D eigenvalue weighted by atomic mass is 16.3. The van der Waals surface area contributed by atoms with Crippen molar-refractivity contribution in [2.45, 2.75) is 19.8 Å². The minimum atomic E-state index is 0.0574. The normalized spacial score (nSPS) is 10.8. The second-order valence-corrected chi connectivity index (χ2v) is 5.56. The van der Waals surface area contributed by atoms with Gasteiger partial charge >= 0.3 is 0 Å². The lowest BCUT2D eigenvalue weighted by molar-refractivity contribution is 0.609. The molecular weight excluding hydrogens is 272 g/mol. The third-order valence-corrected chi connectivity index (χ3v) is 3.73. The van der Waals surface area contributed by atoms with Crippen LogP contribution in [0.5, 0.6) is 0 Å². The van der Waals surface area contributed by atoms with Crippen molar-refractivity contribution in [3.05, 3.63) is 82.5 Å². The van der Waals surface area contributed by atoms with Gasteiger partial charge in [0.1, 0.15) is 11.3 Å². The van der Waals surface area contributed by atoms with E-state index >= 15 is 0 Å². The highest BCUT2D eigenvalue weighted by Crippen LogP contribution is 2.27. The standard InChI is InChI=1S/C20H18O2/c1-14(2)12-13-17-19(21)16-10-6-7-11-18(16)22-20(17)15-8-4-3-5-9-15/h3-11H,1,12-13H2,2H3. The minimum absolute atomic E-state index is 0.0574. The molecule has 0 bridgehead atoms. The first-order chi connectivity index (χ1) is 10.7. The van der Waals surface area contributed by atoms with Gasteiger partial charge in [0.05, 0.1) is 5.39 Å². The molecule has 0 N–H and O–H groups in total. The molecule has 110 valence electrons. The van der Waals surface area contributed by atoms with Crippen LogP contribution in [0.4, 0.5) is 0 Å². The molecule has 3 rings (SSSR count). The van der Waals surface area contributed by atoms with Crippen molar-refractivity contribution in [2.75, 3.05) is 0 Å². The summed E-state index contributed by atoms with van der Waals surface area (Å²) in [6.45, 7) is 5.91. The average Bonchev–Trinajstić information content (AvgIpc) is 2.54. The minimum Gasteiger partial charge on any atom is -0.456 e. The fraction of sp³-hybridized carbons (Fsp3) is 0.150. The number of hydrogen-bond acceptors (Lipinski definition) is 2. The summed E-state index contributed by atoms with van der Waals surface area (Å²) in [5.74, 6) is 0.672. The first kappa shape index (κ1) is 14.3. The smallest absolute Gasteiger partial charge is 0.196 e. The first-order valence-corrected chi connectivity index (χ1v) is 7.41. The Morgan fingerprint density at radius 2 is 1.73 bits per heavy atom. The predicted octanol–water partition coefficient (Wildman–Crippen LogP) is 4.97. The van der Waals surface area contributed by atoms with Crippen LogP contribution in [0.1, 0.15) is 18.9 Å².